The summed E-state index contributed by atoms with van der Waals surface area (Å²) >= 11 is 12.1. The highest BCUT2D eigenvalue weighted by molar-refractivity contribution is 7.62. The Morgan fingerprint density at radius 1 is 0.673 bits per heavy atom. The first-order chi connectivity index (χ1) is 23.4. The van der Waals surface area contributed by atoms with Crippen LogP contribution in [0, 0.1) is 47.3 Å². The number of methoxy groups -OCH3 is 4. The highest BCUT2D eigenvalue weighted by Crippen LogP contribution is 2.58. The van der Waals surface area contributed by atoms with E-state index in [4.69, 9.17) is 42.1 Å². The predicted octanol–water partition coefficient (Wildman–Crippen LogP) is 10.8. The van der Waals surface area contributed by atoms with Gasteiger partial charge in [-0.1, -0.05) is 29.3 Å². The molecule has 9 heteroatoms. The molecule has 8 fully saturated rings. The first kappa shape index (κ1) is 36.8. The molecule has 268 valence electrons. The molecular formula is C40H53Cl2O6P. The molecule has 0 N–H and O–H groups in total. The molecule has 1 unspecified atom stereocenters. The van der Waals surface area contributed by atoms with Crippen molar-refractivity contribution in [3.63, 3.8) is 0 Å². The average Bonchev–Trinajstić information content (AvgIpc) is 3.06. The zero-order valence-corrected chi connectivity index (χ0v) is 32.3. The summed E-state index contributed by atoms with van der Waals surface area (Å²) in [5, 5.41) is 1.18. The van der Waals surface area contributed by atoms with Gasteiger partial charge < -0.3 is 23.5 Å². The molecule has 2 aromatic carbocycles. The van der Waals surface area contributed by atoms with Crippen molar-refractivity contribution in [3.05, 3.63) is 63.1 Å². The third kappa shape index (κ3) is 7.93. The van der Waals surface area contributed by atoms with Gasteiger partial charge in [-0.15, -0.1) is 0 Å². The average molecular weight is 732 g/mol. The summed E-state index contributed by atoms with van der Waals surface area (Å²) in [5.74, 6) is 8.84. The summed E-state index contributed by atoms with van der Waals surface area (Å²) in [4.78, 5) is 11.6. The topological polar surface area (TPSA) is 71.1 Å². The van der Waals surface area contributed by atoms with E-state index in [1.54, 1.807) is 65.5 Å². The van der Waals surface area contributed by atoms with Crippen molar-refractivity contribution in [2.75, 3.05) is 41.8 Å². The number of hydrogen-bond acceptors (Lipinski definition) is 6. The quantitative estimate of drug-likeness (QED) is 0.209. The maximum absolute atomic E-state index is 12.0. The third-order valence-corrected chi connectivity index (χ3v) is 14.4. The Hall–Kier alpha value is -1.98. The van der Waals surface area contributed by atoms with E-state index in [-0.39, 0.29) is 0 Å². The maximum atomic E-state index is 12.0. The van der Waals surface area contributed by atoms with Gasteiger partial charge in [0.2, 0.25) is 0 Å². The van der Waals surface area contributed by atoms with Gasteiger partial charge in [-0.2, -0.15) is 0 Å². The highest BCUT2D eigenvalue weighted by Gasteiger charge is 2.48. The summed E-state index contributed by atoms with van der Waals surface area (Å²) in [6, 6.07) is 11.3. The van der Waals surface area contributed by atoms with E-state index in [0.29, 0.717) is 33.4 Å². The van der Waals surface area contributed by atoms with Crippen LogP contribution < -0.4 is 9.47 Å². The van der Waals surface area contributed by atoms with E-state index < -0.39 is 13.0 Å². The number of ketones is 1. The van der Waals surface area contributed by atoms with Gasteiger partial charge in [0.25, 0.3) is 0 Å². The number of halogens is 2. The minimum absolute atomic E-state index is 0.418. The Labute approximate surface area is 303 Å². The van der Waals surface area contributed by atoms with Crippen LogP contribution in [0.3, 0.4) is 0 Å². The molecule has 0 heterocycles. The number of hydrogen-bond donors (Lipinski definition) is 0. The van der Waals surface area contributed by atoms with Crippen LogP contribution in [0.4, 0.5) is 0 Å². The summed E-state index contributed by atoms with van der Waals surface area (Å²) in [7, 11) is 4.19. The number of ether oxygens (including phenoxy) is 4. The van der Waals surface area contributed by atoms with Crippen LogP contribution in [-0.4, -0.2) is 47.6 Å². The Balaban J connectivity index is 0.000000135. The summed E-state index contributed by atoms with van der Waals surface area (Å²) in [6.07, 6.45) is 13.3. The van der Waals surface area contributed by atoms with Crippen LogP contribution in [0.15, 0.2) is 42.0 Å². The molecular weight excluding hydrogens is 678 g/mol. The number of Topliss-reactive ketones (excluding diaryl/α,β-unsaturated/α-hetero) is 1. The molecule has 0 spiro atoms. The van der Waals surface area contributed by atoms with E-state index in [1.807, 2.05) is 12.1 Å². The fourth-order valence-electron chi connectivity index (χ4n) is 10.5. The first-order valence-electron chi connectivity index (χ1n) is 18.0. The zero-order chi connectivity index (χ0) is 35.0. The molecule has 0 saturated heterocycles. The minimum Gasteiger partial charge on any atom is -0.496 e. The predicted molar refractivity (Wildman–Crippen MR) is 198 cm³/mol. The lowest BCUT2D eigenvalue weighted by Gasteiger charge is -2.51. The van der Waals surface area contributed by atoms with Gasteiger partial charge in [0.15, 0.2) is 0 Å². The summed E-state index contributed by atoms with van der Waals surface area (Å²) < 4.78 is 33.7. The van der Waals surface area contributed by atoms with Crippen LogP contribution in [0.5, 0.6) is 11.5 Å². The van der Waals surface area contributed by atoms with E-state index in [1.165, 1.54) is 64.2 Å². The monoisotopic (exact) mass is 730 g/mol. The van der Waals surface area contributed by atoms with Crippen molar-refractivity contribution in [1.29, 1.82) is 0 Å². The second-order valence-corrected chi connectivity index (χ2v) is 19.9. The van der Waals surface area contributed by atoms with Crippen LogP contribution in [0.1, 0.15) is 81.2 Å². The molecule has 10 rings (SSSR count). The Bertz CT molecular complexity index is 1540. The van der Waals surface area contributed by atoms with Crippen LogP contribution in [-0.2, 0) is 18.8 Å². The van der Waals surface area contributed by atoms with Gasteiger partial charge in [-0.25, -0.2) is 0 Å². The van der Waals surface area contributed by atoms with Gasteiger partial charge in [0.1, 0.15) is 36.0 Å². The molecule has 8 saturated carbocycles. The van der Waals surface area contributed by atoms with E-state index >= 15 is 0 Å². The normalized spacial score (nSPS) is 30.9. The van der Waals surface area contributed by atoms with Gasteiger partial charge in [0.05, 0.1) is 31.4 Å². The molecule has 0 aromatic heterocycles. The Morgan fingerprint density at radius 3 is 1.55 bits per heavy atom. The van der Waals surface area contributed by atoms with Gasteiger partial charge >= 0.3 is 0 Å². The zero-order valence-electron chi connectivity index (χ0n) is 29.9. The van der Waals surface area contributed by atoms with Crippen molar-refractivity contribution in [3.8, 4) is 11.5 Å². The lowest BCUT2D eigenvalue weighted by atomic mass is 9.54. The lowest BCUT2D eigenvalue weighted by Crippen LogP contribution is -2.45. The Kier molecular flexibility index (Phi) is 11.5. The van der Waals surface area contributed by atoms with Crippen LogP contribution in [0.25, 0.3) is 5.76 Å². The fraction of sp³-hybridized carbons (Fsp3) is 0.625. The number of carbonyl (C=O) groups excluding carboxylic acids is 1. The summed E-state index contributed by atoms with van der Waals surface area (Å²) in [6.45, 7) is 3.39. The molecule has 8 bridgehead atoms. The van der Waals surface area contributed by atoms with Crippen LogP contribution >= 0.6 is 30.3 Å². The van der Waals surface area contributed by atoms with Gasteiger partial charge in [-0.05, 0) is 155 Å². The molecule has 0 radical (unpaired) electrons. The number of rotatable bonds is 7. The molecule has 49 heavy (non-hydrogen) atoms. The van der Waals surface area contributed by atoms with Crippen molar-refractivity contribution in [2.24, 2.45) is 47.3 Å². The first-order valence-corrected chi connectivity index (χ1v) is 21.4. The van der Waals surface area contributed by atoms with Crippen LogP contribution in [0.2, 0.25) is 10.0 Å². The standard InChI is InChI=1S/C19H23ClO2.C11H16ClO3P.C10H14O/c1-21-17-10-13(3-4-16(17)20)19(22-2)18-14-6-11-5-12(8-14)9-15(18)7-11;1-14-10-7-8(5-6-9(10)12)11(15-2)16(3,4)13;11-10-8-2-6-1-7(4-8)5-9(10)3-6/h3-4,10-12,14-15H,5-9H2,1-2H3;5-7,11H,1-4H3;6-9H,1-5H2. The van der Waals surface area contributed by atoms with Crippen molar-refractivity contribution >= 4 is 41.9 Å². The van der Waals surface area contributed by atoms with Crippen molar-refractivity contribution < 1.29 is 28.3 Å². The van der Waals surface area contributed by atoms with Gasteiger partial charge in [0, 0.05) is 24.5 Å². The highest BCUT2D eigenvalue weighted by atomic mass is 35.5. The second kappa shape index (κ2) is 15.3. The molecule has 1 atom stereocenters. The molecule has 2 aromatic rings. The van der Waals surface area contributed by atoms with E-state index in [0.717, 1.165) is 58.1 Å². The van der Waals surface area contributed by atoms with E-state index in [9.17, 15) is 9.36 Å². The second-order valence-electron chi connectivity index (χ2n) is 15.8. The third-order valence-electron chi connectivity index (χ3n) is 12.1. The molecule has 6 nitrogen and oxygen atoms in total. The largest absolute Gasteiger partial charge is 0.496 e. The smallest absolute Gasteiger partial charge is 0.139 e. The molecule has 0 aliphatic heterocycles. The maximum Gasteiger partial charge on any atom is 0.139 e. The van der Waals surface area contributed by atoms with Crippen molar-refractivity contribution in [1.82, 2.24) is 0 Å². The molecule has 8 aliphatic carbocycles. The number of allylic oxidation sites excluding steroid dienone is 1. The summed E-state index contributed by atoms with van der Waals surface area (Å²) in [5.41, 5.74) is 3.49. The fourth-order valence-corrected chi connectivity index (χ4v) is 12.3. The number of carbonyl (C=O) groups is 1. The molecule has 8 aliphatic rings. The Morgan fingerprint density at radius 2 is 1.12 bits per heavy atom. The SMILES string of the molecule is COC(=C1C2CC3CC(C2)CC1C3)c1ccc(Cl)c(OC)c1.COc1cc(C(OC)P(C)(C)=O)ccc1Cl.O=C1C2CC3CC(C2)CC1C3. The lowest BCUT2D eigenvalue weighted by molar-refractivity contribution is -0.139. The molecule has 0 amide bonds. The minimum atomic E-state index is -2.36. The number of benzene rings is 2. The van der Waals surface area contributed by atoms with E-state index in [2.05, 4.69) is 6.07 Å². The van der Waals surface area contributed by atoms with Gasteiger partial charge in [-0.3, -0.25) is 4.79 Å². The van der Waals surface area contributed by atoms with Crippen molar-refractivity contribution in [2.45, 2.75) is 70.1 Å².